The first kappa shape index (κ1) is 16.1. The molecule has 1 fully saturated rings. The number of aromatic nitrogens is 2. The molecule has 0 unspecified atom stereocenters. The van der Waals surface area contributed by atoms with E-state index in [0.29, 0.717) is 13.0 Å². The number of aryl methyl sites for hydroxylation is 1. The van der Waals surface area contributed by atoms with Gasteiger partial charge in [-0.15, -0.1) is 0 Å². The third-order valence-electron chi connectivity index (χ3n) is 4.02. The lowest BCUT2D eigenvalue weighted by atomic mass is 9.99. The first-order chi connectivity index (χ1) is 10.9. The lowest BCUT2D eigenvalue weighted by Crippen LogP contribution is -2.39. The van der Waals surface area contributed by atoms with E-state index >= 15 is 0 Å². The van der Waals surface area contributed by atoms with Gasteiger partial charge < -0.3 is 4.98 Å². The van der Waals surface area contributed by atoms with Crippen molar-refractivity contribution in [3.63, 3.8) is 0 Å². The van der Waals surface area contributed by atoms with Gasteiger partial charge in [0.15, 0.2) is 11.6 Å². The summed E-state index contributed by atoms with van der Waals surface area (Å²) >= 11 is 0. The molecule has 1 N–H and O–H groups in total. The van der Waals surface area contributed by atoms with Gasteiger partial charge in [-0.1, -0.05) is 0 Å². The number of nitrogens with zero attached hydrogens (tertiary/aromatic N) is 2. The third kappa shape index (κ3) is 3.13. The van der Waals surface area contributed by atoms with Crippen LogP contribution in [0, 0.1) is 18.6 Å². The highest BCUT2D eigenvalue weighted by atomic mass is 32.2. The maximum absolute atomic E-state index is 13.3. The van der Waals surface area contributed by atoms with E-state index in [2.05, 4.69) is 9.97 Å². The van der Waals surface area contributed by atoms with E-state index in [1.165, 1.54) is 4.31 Å². The molecule has 1 aromatic heterocycles. The van der Waals surface area contributed by atoms with Crippen molar-refractivity contribution in [2.45, 2.75) is 30.6 Å². The highest BCUT2D eigenvalue weighted by Crippen LogP contribution is 2.29. The first-order valence-electron chi connectivity index (χ1n) is 7.34. The molecule has 124 valence electrons. The Labute approximate surface area is 133 Å². The molecule has 0 spiro atoms. The molecular formula is C15H17F2N3O2S. The standard InChI is InChI=1S/C15H17F2N3O2S/c1-10-8-18-15(19-10)11-3-2-6-20(9-11)23(21,22)12-4-5-13(16)14(17)7-12/h4-5,7-8,11H,2-3,6,9H2,1H3,(H,18,19)/t11-/m0/s1. The fourth-order valence-corrected chi connectivity index (χ4v) is 4.35. The van der Waals surface area contributed by atoms with Gasteiger partial charge >= 0.3 is 0 Å². The monoisotopic (exact) mass is 341 g/mol. The Balaban J connectivity index is 1.86. The fourth-order valence-electron chi connectivity index (χ4n) is 2.81. The number of H-pyrrole nitrogens is 1. The van der Waals surface area contributed by atoms with Crippen LogP contribution < -0.4 is 0 Å². The number of hydrogen-bond donors (Lipinski definition) is 1. The van der Waals surface area contributed by atoms with Crippen LogP contribution >= 0.6 is 0 Å². The Kier molecular flexibility index (Phi) is 4.20. The molecule has 0 amide bonds. The van der Waals surface area contributed by atoms with Crippen LogP contribution in [0.2, 0.25) is 0 Å². The Morgan fingerprint density at radius 1 is 1.30 bits per heavy atom. The van der Waals surface area contributed by atoms with E-state index in [0.717, 1.165) is 36.1 Å². The van der Waals surface area contributed by atoms with E-state index in [4.69, 9.17) is 0 Å². The Morgan fingerprint density at radius 3 is 2.74 bits per heavy atom. The van der Waals surface area contributed by atoms with Crippen LogP contribution in [-0.2, 0) is 10.0 Å². The molecular weight excluding hydrogens is 324 g/mol. The molecule has 2 heterocycles. The average Bonchev–Trinajstić information content (AvgIpc) is 2.96. The minimum Gasteiger partial charge on any atom is -0.346 e. The van der Waals surface area contributed by atoms with Crippen LogP contribution in [0.3, 0.4) is 0 Å². The number of piperidine rings is 1. The molecule has 5 nitrogen and oxygen atoms in total. The molecule has 0 aliphatic carbocycles. The number of halogens is 2. The molecule has 1 aliphatic rings. The molecule has 8 heteroatoms. The second kappa shape index (κ2) is 6.01. The molecule has 1 atom stereocenters. The van der Waals surface area contributed by atoms with Crippen LogP contribution in [0.4, 0.5) is 8.78 Å². The van der Waals surface area contributed by atoms with Crippen molar-refractivity contribution in [2.75, 3.05) is 13.1 Å². The summed E-state index contributed by atoms with van der Waals surface area (Å²) in [6.45, 7) is 2.51. The second-order valence-corrected chi connectivity index (χ2v) is 7.67. The zero-order chi connectivity index (χ0) is 16.6. The summed E-state index contributed by atoms with van der Waals surface area (Å²) in [5.74, 6) is -1.50. The van der Waals surface area contributed by atoms with Crippen molar-refractivity contribution >= 4 is 10.0 Å². The van der Waals surface area contributed by atoms with Gasteiger partial charge in [0.2, 0.25) is 10.0 Å². The van der Waals surface area contributed by atoms with Crippen molar-refractivity contribution in [1.29, 1.82) is 0 Å². The summed E-state index contributed by atoms with van der Waals surface area (Å²) in [6.07, 6.45) is 3.22. The molecule has 1 aromatic carbocycles. The van der Waals surface area contributed by atoms with Crippen LogP contribution in [-0.4, -0.2) is 35.8 Å². The zero-order valence-electron chi connectivity index (χ0n) is 12.6. The number of sulfonamides is 1. The first-order valence-corrected chi connectivity index (χ1v) is 8.78. The van der Waals surface area contributed by atoms with Crippen molar-refractivity contribution in [2.24, 2.45) is 0 Å². The minimum atomic E-state index is -3.85. The number of benzene rings is 1. The number of nitrogens with one attached hydrogen (secondary N) is 1. The maximum atomic E-state index is 13.3. The van der Waals surface area contributed by atoms with Gasteiger partial charge in [-0.25, -0.2) is 22.2 Å². The Hall–Kier alpha value is -1.80. The van der Waals surface area contributed by atoms with Crippen molar-refractivity contribution < 1.29 is 17.2 Å². The van der Waals surface area contributed by atoms with Crippen LogP contribution in [0.1, 0.15) is 30.3 Å². The molecule has 0 bridgehead atoms. The zero-order valence-corrected chi connectivity index (χ0v) is 13.4. The number of aromatic amines is 1. The van der Waals surface area contributed by atoms with Gasteiger partial charge in [-0.2, -0.15) is 4.31 Å². The Bertz CT molecular complexity index is 820. The van der Waals surface area contributed by atoms with Gasteiger partial charge in [0.05, 0.1) is 4.90 Å². The molecule has 1 saturated heterocycles. The summed E-state index contributed by atoms with van der Waals surface area (Å²) in [5.41, 5.74) is 0.917. The molecule has 0 saturated carbocycles. The van der Waals surface area contributed by atoms with Gasteiger partial charge in [0.1, 0.15) is 5.82 Å². The molecule has 23 heavy (non-hydrogen) atoms. The largest absolute Gasteiger partial charge is 0.346 e. The smallest absolute Gasteiger partial charge is 0.243 e. The van der Waals surface area contributed by atoms with Crippen molar-refractivity contribution in [3.8, 4) is 0 Å². The quantitative estimate of drug-likeness (QED) is 0.933. The van der Waals surface area contributed by atoms with E-state index in [1.807, 2.05) is 6.92 Å². The van der Waals surface area contributed by atoms with Crippen molar-refractivity contribution in [1.82, 2.24) is 14.3 Å². The summed E-state index contributed by atoms with van der Waals surface area (Å²) in [7, 11) is -3.85. The third-order valence-corrected chi connectivity index (χ3v) is 5.88. The highest BCUT2D eigenvalue weighted by molar-refractivity contribution is 7.89. The molecule has 3 rings (SSSR count). The van der Waals surface area contributed by atoms with Crippen LogP contribution in [0.25, 0.3) is 0 Å². The van der Waals surface area contributed by atoms with E-state index in [9.17, 15) is 17.2 Å². The number of imidazole rings is 1. The highest BCUT2D eigenvalue weighted by Gasteiger charge is 2.32. The second-order valence-electron chi connectivity index (χ2n) is 5.73. The molecule has 2 aromatic rings. The predicted octanol–water partition coefficient (Wildman–Crippen LogP) is 2.56. The van der Waals surface area contributed by atoms with Crippen molar-refractivity contribution in [3.05, 3.63) is 47.5 Å². The summed E-state index contributed by atoms with van der Waals surface area (Å²) in [5, 5.41) is 0. The minimum absolute atomic E-state index is 0.0301. The van der Waals surface area contributed by atoms with Gasteiger partial charge in [0, 0.05) is 30.9 Å². The lowest BCUT2D eigenvalue weighted by molar-refractivity contribution is 0.309. The average molecular weight is 341 g/mol. The number of rotatable bonds is 3. The molecule has 1 aliphatic heterocycles. The lowest BCUT2D eigenvalue weighted by Gasteiger charge is -2.31. The predicted molar refractivity (Wildman–Crippen MR) is 80.4 cm³/mol. The van der Waals surface area contributed by atoms with E-state index in [-0.39, 0.29) is 17.4 Å². The van der Waals surface area contributed by atoms with Gasteiger partial charge in [-0.3, -0.25) is 0 Å². The van der Waals surface area contributed by atoms with Crippen LogP contribution in [0.15, 0.2) is 29.3 Å². The SMILES string of the molecule is Cc1cnc([C@H]2CCCN(S(=O)(=O)c3ccc(F)c(F)c3)C2)[nH]1. The summed E-state index contributed by atoms with van der Waals surface area (Å²) in [4.78, 5) is 7.17. The number of hydrogen-bond acceptors (Lipinski definition) is 3. The van der Waals surface area contributed by atoms with Crippen LogP contribution in [0.5, 0.6) is 0 Å². The molecule has 0 radical (unpaired) electrons. The Morgan fingerprint density at radius 2 is 2.09 bits per heavy atom. The van der Waals surface area contributed by atoms with Gasteiger partial charge in [0.25, 0.3) is 0 Å². The van der Waals surface area contributed by atoms with E-state index in [1.54, 1.807) is 6.20 Å². The fraction of sp³-hybridized carbons (Fsp3) is 0.400. The maximum Gasteiger partial charge on any atom is 0.243 e. The normalized spacial score (nSPS) is 19.9. The summed E-state index contributed by atoms with van der Waals surface area (Å²) in [6, 6.07) is 2.65. The van der Waals surface area contributed by atoms with Gasteiger partial charge in [-0.05, 0) is 38.0 Å². The topological polar surface area (TPSA) is 66.1 Å². The van der Waals surface area contributed by atoms with E-state index < -0.39 is 21.7 Å². The summed E-state index contributed by atoms with van der Waals surface area (Å²) < 4.78 is 53.0.